The number of amides is 1. The lowest BCUT2D eigenvalue weighted by atomic mass is 10.3. The molecule has 0 aromatic carbocycles. The van der Waals surface area contributed by atoms with E-state index in [0.29, 0.717) is 26.3 Å². The van der Waals surface area contributed by atoms with Gasteiger partial charge in [-0.15, -0.1) is 0 Å². The van der Waals surface area contributed by atoms with Crippen LogP contribution in [-0.2, 0) is 14.3 Å². The summed E-state index contributed by atoms with van der Waals surface area (Å²) in [4.78, 5) is 23.4. The number of rotatable bonds is 8. The van der Waals surface area contributed by atoms with Crippen molar-refractivity contribution >= 4 is 11.9 Å². The van der Waals surface area contributed by atoms with Gasteiger partial charge in [0, 0.05) is 26.1 Å². The third-order valence-corrected chi connectivity index (χ3v) is 2.00. The summed E-state index contributed by atoms with van der Waals surface area (Å²) in [6, 6.07) is 0. The third-order valence-electron chi connectivity index (χ3n) is 2.00. The van der Waals surface area contributed by atoms with E-state index in [1.807, 2.05) is 13.8 Å². The lowest BCUT2D eigenvalue weighted by molar-refractivity contribution is -0.141. The molecule has 0 heterocycles. The highest BCUT2D eigenvalue weighted by Crippen LogP contribution is 1.98. The van der Waals surface area contributed by atoms with E-state index < -0.39 is 5.97 Å². The van der Waals surface area contributed by atoms with Crippen molar-refractivity contribution in [2.24, 2.45) is 0 Å². The van der Waals surface area contributed by atoms with Crippen molar-refractivity contribution in [3.05, 3.63) is 0 Å². The van der Waals surface area contributed by atoms with E-state index in [0.717, 1.165) is 0 Å². The molecule has 0 radical (unpaired) electrons. The van der Waals surface area contributed by atoms with Crippen molar-refractivity contribution < 1.29 is 19.4 Å². The van der Waals surface area contributed by atoms with Crippen molar-refractivity contribution in [3.8, 4) is 0 Å². The SMILES string of the molecule is CCOCCN(CC)C(=O)CCC(=O)O. The third kappa shape index (κ3) is 6.90. The molecule has 0 rings (SSSR count). The van der Waals surface area contributed by atoms with E-state index in [1.54, 1.807) is 4.90 Å². The Morgan fingerprint density at radius 1 is 1.27 bits per heavy atom. The van der Waals surface area contributed by atoms with Crippen LogP contribution in [0.5, 0.6) is 0 Å². The number of hydrogen-bond acceptors (Lipinski definition) is 3. The smallest absolute Gasteiger partial charge is 0.303 e. The predicted octanol–water partition coefficient (Wildman–Crippen LogP) is 0.736. The Balaban J connectivity index is 3.82. The molecular formula is C10H19NO4. The van der Waals surface area contributed by atoms with E-state index >= 15 is 0 Å². The minimum absolute atomic E-state index is 0.0648. The number of aliphatic carboxylic acids is 1. The summed E-state index contributed by atoms with van der Waals surface area (Å²) in [5.41, 5.74) is 0. The topological polar surface area (TPSA) is 66.8 Å². The molecule has 0 atom stereocenters. The average molecular weight is 217 g/mol. The van der Waals surface area contributed by atoms with Crippen molar-refractivity contribution in [2.45, 2.75) is 26.7 Å². The maximum atomic E-state index is 11.5. The van der Waals surface area contributed by atoms with Crippen LogP contribution in [0.15, 0.2) is 0 Å². The normalized spacial score (nSPS) is 10.0. The first kappa shape index (κ1) is 13.9. The minimum Gasteiger partial charge on any atom is -0.481 e. The molecule has 1 N–H and O–H groups in total. The number of carboxylic acid groups (broad SMARTS) is 1. The summed E-state index contributed by atoms with van der Waals surface area (Å²) in [7, 11) is 0. The summed E-state index contributed by atoms with van der Waals surface area (Å²) >= 11 is 0. The lowest BCUT2D eigenvalue weighted by Gasteiger charge is -2.20. The Labute approximate surface area is 90.0 Å². The molecule has 0 spiro atoms. The highest BCUT2D eigenvalue weighted by Gasteiger charge is 2.12. The van der Waals surface area contributed by atoms with Gasteiger partial charge in [0.1, 0.15) is 0 Å². The second kappa shape index (κ2) is 8.23. The van der Waals surface area contributed by atoms with Crippen molar-refractivity contribution in [3.63, 3.8) is 0 Å². The minimum atomic E-state index is -0.941. The maximum absolute atomic E-state index is 11.5. The molecule has 5 nitrogen and oxygen atoms in total. The molecule has 0 aliphatic heterocycles. The second-order valence-corrected chi connectivity index (χ2v) is 3.06. The number of likely N-dealkylation sites (N-methyl/N-ethyl adjacent to an activating group) is 1. The van der Waals surface area contributed by atoms with E-state index in [-0.39, 0.29) is 18.7 Å². The number of carbonyl (C=O) groups excluding carboxylic acids is 1. The number of hydrogen-bond donors (Lipinski definition) is 1. The molecule has 0 aliphatic carbocycles. The zero-order valence-corrected chi connectivity index (χ0v) is 9.36. The Morgan fingerprint density at radius 3 is 2.40 bits per heavy atom. The van der Waals surface area contributed by atoms with Gasteiger partial charge in [0.15, 0.2) is 0 Å². The molecule has 0 bridgehead atoms. The van der Waals surface area contributed by atoms with Crippen LogP contribution in [0.3, 0.4) is 0 Å². The molecule has 0 aliphatic rings. The Morgan fingerprint density at radius 2 is 1.93 bits per heavy atom. The van der Waals surface area contributed by atoms with Crippen LogP contribution in [-0.4, -0.2) is 48.2 Å². The Kier molecular flexibility index (Phi) is 7.62. The molecular weight excluding hydrogens is 198 g/mol. The lowest BCUT2D eigenvalue weighted by Crippen LogP contribution is -2.34. The number of carboxylic acids is 1. The van der Waals surface area contributed by atoms with Gasteiger partial charge in [-0.1, -0.05) is 0 Å². The highest BCUT2D eigenvalue weighted by molar-refractivity contribution is 5.80. The van der Waals surface area contributed by atoms with Gasteiger partial charge in [-0.25, -0.2) is 0 Å². The average Bonchev–Trinajstić information content (AvgIpc) is 2.21. The van der Waals surface area contributed by atoms with Crippen LogP contribution in [0.1, 0.15) is 26.7 Å². The largest absolute Gasteiger partial charge is 0.481 e. The molecule has 0 saturated heterocycles. The molecule has 0 aromatic heterocycles. The first-order valence-corrected chi connectivity index (χ1v) is 5.19. The molecule has 1 amide bonds. The van der Waals surface area contributed by atoms with Crippen LogP contribution in [0.2, 0.25) is 0 Å². The van der Waals surface area contributed by atoms with E-state index in [9.17, 15) is 9.59 Å². The number of nitrogens with zero attached hydrogens (tertiary/aromatic N) is 1. The summed E-state index contributed by atoms with van der Waals surface area (Å²) in [6.07, 6.45) is -0.0424. The van der Waals surface area contributed by atoms with Crippen molar-refractivity contribution in [2.75, 3.05) is 26.3 Å². The molecule has 88 valence electrons. The molecule has 5 heteroatoms. The zero-order chi connectivity index (χ0) is 11.7. The van der Waals surface area contributed by atoms with Gasteiger partial charge >= 0.3 is 5.97 Å². The van der Waals surface area contributed by atoms with E-state index in [2.05, 4.69) is 0 Å². The molecule has 0 unspecified atom stereocenters. The van der Waals surface area contributed by atoms with Crippen LogP contribution in [0.25, 0.3) is 0 Å². The monoisotopic (exact) mass is 217 g/mol. The summed E-state index contributed by atoms with van der Waals surface area (Å²) in [6.45, 7) is 6.01. The van der Waals surface area contributed by atoms with Gasteiger partial charge < -0.3 is 14.7 Å². The predicted molar refractivity (Wildman–Crippen MR) is 55.6 cm³/mol. The van der Waals surface area contributed by atoms with Crippen LogP contribution in [0.4, 0.5) is 0 Å². The molecule has 15 heavy (non-hydrogen) atoms. The quantitative estimate of drug-likeness (QED) is 0.609. The van der Waals surface area contributed by atoms with Gasteiger partial charge in [0.2, 0.25) is 5.91 Å². The Hall–Kier alpha value is -1.10. The summed E-state index contributed by atoms with van der Waals surface area (Å²) in [5, 5.41) is 8.44. The van der Waals surface area contributed by atoms with Crippen LogP contribution >= 0.6 is 0 Å². The first-order valence-electron chi connectivity index (χ1n) is 5.19. The highest BCUT2D eigenvalue weighted by atomic mass is 16.5. The van der Waals surface area contributed by atoms with Crippen molar-refractivity contribution in [1.82, 2.24) is 4.90 Å². The second-order valence-electron chi connectivity index (χ2n) is 3.06. The van der Waals surface area contributed by atoms with Crippen molar-refractivity contribution in [1.29, 1.82) is 0 Å². The Bertz CT molecular complexity index is 206. The fourth-order valence-electron chi connectivity index (χ4n) is 1.15. The molecule has 0 saturated carbocycles. The van der Waals surface area contributed by atoms with Gasteiger partial charge in [-0.05, 0) is 13.8 Å². The van der Waals surface area contributed by atoms with E-state index in [4.69, 9.17) is 9.84 Å². The number of carbonyl (C=O) groups is 2. The van der Waals surface area contributed by atoms with Gasteiger partial charge in [-0.2, -0.15) is 0 Å². The number of ether oxygens (including phenoxy) is 1. The zero-order valence-electron chi connectivity index (χ0n) is 9.36. The van der Waals surface area contributed by atoms with Gasteiger partial charge in [-0.3, -0.25) is 9.59 Å². The maximum Gasteiger partial charge on any atom is 0.303 e. The van der Waals surface area contributed by atoms with Gasteiger partial charge in [0.05, 0.1) is 13.0 Å². The molecule has 0 aromatic rings. The van der Waals surface area contributed by atoms with Gasteiger partial charge in [0.25, 0.3) is 0 Å². The summed E-state index contributed by atoms with van der Waals surface area (Å²) < 4.78 is 5.13. The van der Waals surface area contributed by atoms with Crippen LogP contribution < -0.4 is 0 Å². The first-order chi connectivity index (χ1) is 7.11. The van der Waals surface area contributed by atoms with Crippen LogP contribution in [0, 0.1) is 0 Å². The van der Waals surface area contributed by atoms with E-state index in [1.165, 1.54) is 0 Å². The molecule has 0 fully saturated rings. The fraction of sp³-hybridized carbons (Fsp3) is 0.800. The fourth-order valence-corrected chi connectivity index (χ4v) is 1.15. The summed E-state index contributed by atoms with van der Waals surface area (Å²) in [5.74, 6) is -1.07. The standard InChI is InChI=1S/C10H19NO4/c1-3-11(7-8-15-4-2)9(12)5-6-10(13)14/h3-8H2,1-2H3,(H,13,14).